The highest BCUT2D eigenvalue weighted by Gasteiger charge is 2.13. The predicted molar refractivity (Wildman–Crippen MR) is 113 cm³/mol. The minimum atomic E-state index is 1.03. The molecule has 0 spiro atoms. The molecule has 0 unspecified atom stereocenters. The molecule has 1 saturated heterocycles. The van der Waals surface area contributed by atoms with Gasteiger partial charge in [0.1, 0.15) is 0 Å². The maximum atomic E-state index is 4.63. The Labute approximate surface area is 156 Å². The molecule has 2 heterocycles. The number of hydrogen-bond donors (Lipinski definition) is 0. The Hall–Kier alpha value is -2.61. The fourth-order valence-corrected chi connectivity index (χ4v) is 3.91. The molecule has 0 amide bonds. The van der Waals surface area contributed by atoms with E-state index < -0.39 is 0 Å². The highest BCUT2D eigenvalue weighted by Crippen LogP contribution is 2.26. The number of rotatable bonds is 3. The molecule has 2 nitrogen and oxygen atoms in total. The fourth-order valence-electron chi connectivity index (χ4n) is 3.91. The molecule has 0 radical (unpaired) electrons. The molecule has 1 aliphatic rings. The van der Waals surface area contributed by atoms with Crippen molar-refractivity contribution < 1.29 is 0 Å². The Morgan fingerprint density at radius 3 is 2.46 bits per heavy atom. The van der Waals surface area contributed by atoms with Gasteiger partial charge in [0.15, 0.2) is 0 Å². The zero-order valence-electron chi connectivity index (χ0n) is 15.7. The Balaban J connectivity index is 1.66. The molecule has 1 fully saturated rings. The summed E-state index contributed by atoms with van der Waals surface area (Å²) < 4.78 is 0. The van der Waals surface area contributed by atoms with Crippen LogP contribution < -0.4 is 4.90 Å². The third-order valence-electron chi connectivity index (χ3n) is 5.40. The van der Waals surface area contributed by atoms with Gasteiger partial charge < -0.3 is 4.90 Å². The monoisotopic (exact) mass is 342 g/mol. The van der Waals surface area contributed by atoms with Gasteiger partial charge in [-0.25, -0.2) is 0 Å². The highest BCUT2D eigenvalue weighted by molar-refractivity contribution is 5.94. The highest BCUT2D eigenvalue weighted by atomic mass is 15.1. The molecule has 0 N–H and O–H groups in total. The molecular formula is C24H26N2. The second-order valence-corrected chi connectivity index (χ2v) is 7.29. The Kier molecular flexibility index (Phi) is 4.75. The van der Waals surface area contributed by atoms with Gasteiger partial charge in [-0.05, 0) is 72.7 Å². The van der Waals surface area contributed by atoms with Gasteiger partial charge in [-0.2, -0.15) is 0 Å². The van der Waals surface area contributed by atoms with E-state index in [1.54, 1.807) is 0 Å². The Morgan fingerprint density at radius 2 is 1.62 bits per heavy atom. The van der Waals surface area contributed by atoms with Crippen molar-refractivity contribution in [2.45, 2.75) is 33.1 Å². The molecule has 1 aromatic heterocycles. The van der Waals surface area contributed by atoms with E-state index in [-0.39, 0.29) is 0 Å². The average Bonchev–Trinajstić information content (AvgIpc) is 2.68. The summed E-state index contributed by atoms with van der Waals surface area (Å²) in [5.41, 5.74) is 6.20. The van der Waals surface area contributed by atoms with Crippen LogP contribution in [0.5, 0.6) is 0 Å². The van der Waals surface area contributed by atoms with Crippen LogP contribution in [0.4, 0.5) is 5.69 Å². The van der Waals surface area contributed by atoms with E-state index in [0.29, 0.717) is 0 Å². The zero-order valence-corrected chi connectivity index (χ0v) is 15.7. The topological polar surface area (TPSA) is 16.1 Å². The summed E-state index contributed by atoms with van der Waals surface area (Å²) in [5, 5.41) is 2.62. The predicted octanol–water partition coefficient (Wildman–Crippen LogP) is 6.01. The lowest BCUT2D eigenvalue weighted by Crippen LogP contribution is -2.30. The van der Waals surface area contributed by atoms with Crippen molar-refractivity contribution in [2.24, 2.45) is 0 Å². The van der Waals surface area contributed by atoms with Gasteiger partial charge in [0, 0.05) is 25.0 Å². The second kappa shape index (κ2) is 7.33. The second-order valence-electron chi connectivity index (χ2n) is 7.29. The lowest BCUT2D eigenvalue weighted by molar-refractivity contribution is 0.577. The maximum absolute atomic E-state index is 4.63. The first-order valence-corrected chi connectivity index (χ1v) is 9.60. The minimum Gasteiger partial charge on any atom is -0.371 e. The van der Waals surface area contributed by atoms with Crippen molar-refractivity contribution in [1.29, 1.82) is 0 Å². The number of pyridine rings is 1. The number of piperidine rings is 1. The van der Waals surface area contributed by atoms with Crippen LogP contribution in [-0.2, 0) is 0 Å². The average molecular weight is 342 g/mol. The standard InChI is InChI=1S/C24H26N2/c1-18-8-6-11-23-20(9-7-10-22(18)23)12-13-21-16-24(19(2)17-25-21)26-14-4-3-5-15-26/h6-13,16-17H,3-5,14-15H2,1-2H3/b13-12+. The first kappa shape index (κ1) is 16.8. The van der Waals surface area contributed by atoms with Crippen molar-refractivity contribution in [2.75, 3.05) is 18.0 Å². The molecule has 3 aromatic rings. The molecule has 26 heavy (non-hydrogen) atoms. The first-order valence-electron chi connectivity index (χ1n) is 9.60. The van der Waals surface area contributed by atoms with Crippen molar-refractivity contribution >= 4 is 28.6 Å². The lowest BCUT2D eigenvalue weighted by atomic mass is 10.0. The van der Waals surface area contributed by atoms with Gasteiger partial charge in [0.2, 0.25) is 0 Å². The fraction of sp³-hybridized carbons (Fsp3) is 0.292. The molecule has 0 aliphatic carbocycles. The van der Waals surface area contributed by atoms with Gasteiger partial charge in [-0.3, -0.25) is 4.98 Å². The normalized spacial score (nSPS) is 15.1. The van der Waals surface area contributed by atoms with Crippen LogP contribution in [0.1, 0.15) is 41.6 Å². The number of aromatic nitrogens is 1. The Bertz CT molecular complexity index is 950. The molecule has 0 bridgehead atoms. The number of hydrogen-bond acceptors (Lipinski definition) is 2. The van der Waals surface area contributed by atoms with E-state index in [4.69, 9.17) is 0 Å². The number of anilines is 1. The quantitative estimate of drug-likeness (QED) is 0.579. The summed E-state index contributed by atoms with van der Waals surface area (Å²) in [6.07, 6.45) is 10.3. The van der Waals surface area contributed by atoms with E-state index in [0.717, 1.165) is 18.8 Å². The number of fused-ring (bicyclic) bond motifs is 1. The molecule has 0 saturated carbocycles. The molecule has 0 atom stereocenters. The summed E-state index contributed by atoms with van der Waals surface area (Å²) in [4.78, 5) is 7.15. The van der Waals surface area contributed by atoms with E-state index in [1.165, 1.54) is 52.4 Å². The lowest BCUT2D eigenvalue weighted by Gasteiger charge is -2.30. The van der Waals surface area contributed by atoms with Gasteiger partial charge in [-0.1, -0.05) is 42.5 Å². The van der Waals surface area contributed by atoms with Crippen molar-refractivity contribution in [1.82, 2.24) is 4.98 Å². The summed E-state index contributed by atoms with van der Waals surface area (Å²) in [6, 6.07) is 15.3. The molecule has 2 heteroatoms. The molecule has 1 aliphatic heterocycles. The summed E-state index contributed by atoms with van der Waals surface area (Å²) >= 11 is 0. The largest absolute Gasteiger partial charge is 0.371 e. The van der Waals surface area contributed by atoms with E-state index >= 15 is 0 Å². The SMILES string of the molecule is Cc1cnc(/C=C/c2cccc3c(C)cccc23)cc1N1CCCCC1. The molecule has 4 rings (SSSR count). The van der Waals surface area contributed by atoms with Crippen molar-refractivity contribution in [3.05, 3.63) is 71.0 Å². The minimum absolute atomic E-state index is 1.03. The van der Waals surface area contributed by atoms with E-state index in [9.17, 15) is 0 Å². The van der Waals surface area contributed by atoms with Gasteiger partial charge >= 0.3 is 0 Å². The smallest absolute Gasteiger partial charge is 0.0650 e. The Morgan fingerprint density at radius 1 is 0.846 bits per heavy atom. The third kappa shape index (κ3) is 3.37. The third-order valence-corrected chi connectivity index (χ3v) is 5.40. The van der Waals surface area contributed by atoms with Crippen LogP contribution >= 0.6 is 0 Å². The summed E-state index contributed by atoms with van der Waals surface area (Å²) in [5.74, 6) is 0. The van der Waals surface area contributed by atoms with E-state index in [2.05, 4.69) is 78.3 Å². The van der Waals surface area contributed by atoms with Crippen LogP contribution in [0, 0.1) is 13.8 Å². The molecule has 2 aromatic carbocycles. The summed E-state index contributed by atoms with van der Waals surface area (Å²) in [7, 11) is 0. The molecular weight excluding hydrogens is 316 g/mol. The molecule has 132 valence electrons. The van der Waals surface area contributed by atoms with Crippen LogP contribution in [0.25, 0.3) is 22.9 Å². The van der Waals surface area contributed by atoms with Crippen LogP contribution in [0.3, 0.4) is 0 Å². The van der Waals surface area contributed by atoms with Crippen LogP contribution in [0.2, 0.25) is 0 Å². The zero-order chi connectivity index (χ0) is 17.9. The summed E-state index contributed by atoms with van der Waals surface area (Å²) in [6.45, 7) is 6.66. The maximum Gasteiger partial charge on any atom is 0.0650 e. The van der Waals surface area contributed by atoms with Gasteiger partial charge in [0.05, 0.1) is 5.69 Å². The number of benzene rings is 2. The first-order chi connectivity index (χ1) is 12.7. The number of aryl methyl sites for hydroxylation is 2. The van der Waals surface area contributed by atoms with Crippen LogP contribution in [-0.4, -0.2) is 18.1 Å². The van der Waals surface area contributed by atoms with Gasteiger partial charge in [-0.15, -0.1) is 0 Å². The van der Waals surface area contributed by atoms with Gasteiger partial charge in [0.25, 0.3) is 0 Å². The van der Waals surface area contributed by atoms with E-state index in [1.807, 2.05) is 6.20 Å². The van der Waals surface area contributed by atoms with Crippen molar-refractivity contribution in [3.8, 4) is 0 Å². The van der Waals surface area contributed by atoms with Crippen LogP contribution in [0.15, 0.2) is 48.7 Å². The number of nitrogens with zero attached hydrogens (tertiary/aromatic N) is 2. The van der Waals surface area contributed by atoms with Crippen molar-refractivity contribution in [3.63, 3.8) is 0 Å².